The molecule has 2 aliphatic rings. The van der Waals surface area contributed by atoms with E-state index in [1.165, 1.54) is 40.5 Å². The molecule has 1 unspecified atom stereocenters. The van der Waals surface area contributed by atoms with Crippen molar-refractivity contribution in [2.75, 3.05) is 43.0 Å². The van der Waals surface area contributed by atoms with E-state index in [1.807, 2.05) is 35.7 Å². The SMILES string of the molecule is CN1CCN(c2ccc(N3C(=O)C(=O)/C(=C(\O)c4cccc([N+](=O)[O-])c4)C3c3cccs3)cc2)CC1. The molecule has 36 heavy (non-hydrogen) atoms. The number of carbonyl (C=O) groups excluding carboxylic acids is 2. The molecule has 3 aromatic rings. The number of nitro groups is 1. The molecule has 184 valence electrons. The fraction of sp³-hybridized carbons (Fsp3) is 0.231. The molecule has 0 radical (unpaired) electrons. The highest BCUT2D eigenvalue weighted by molar-refractivity contribution is 7.10. The molecule has 1 N–H and O–H groups in total. The van der Waals surface area contributed by atoms with Gasteiger partial charge in [-0.05, 0) is 42.8 Å². The lowest BCUT2D eigenvalue weighted by atomic mass is 9.99. The summed E-state index contributed by atoms with van der Waals surface area (Å²) < 4.78 is 0. The monoisotopic (exact) mass is 504 g/mol. The first-order chi connectivity index (χ1) is 17.3. The number of aliphatic hydroxyl groups excluding tert-OH is 1. The highest BCUT2D eigenvalue weighted by Gasteiger charge is 2.47. The van der Waals surface area contributed by atoms with E-state index >= 15 is 0 Å². The van der Waals surface area contributed by atoms with Crippen molar-refractivity contribution in [2.45, 2.75) is 6.04 Å². The largest absolute Gasteiger partial charge is 0.507 e. The summed E-state index contributed by atoms with van der Waals surface area (Å²) in [5, 5.41) is 24.2. The summed E-state index contributed by atoms with van der Waals surface area (Å²) in [5.74, 6) is -2.03. The number of benzene rings is 2. The first-order valence-electron chi connectivity index (χ1n) is 11.5. The Morgan fingerprint density at radius 3 is 2.33 bits per heavy atom. The van der Waals surface area contributed by atoms with Crippen LogP contribution in [0.1, 0.15) is 16.5 Å². The molecule has 0 bridgehead atoms. The zero-order valence-corrected chi connectivity index (χ0v) is 20.4. The lowest BCUT2D eigenvalue weighted by Crippen LogP contribution is -2.44. The quantitative estimate of drug-likeness (QED) is 0.184. The van der Waals surface area contributed by atoms with Gasteiger partial charge in [-0.2, -0.15) is 0 Å². The van der Waals surface area contributed by atoms with Gasteiger partial charge in [-0.3, -0.25) is 24.6 Å². The molecule has 3 heterocycles. The Labute approximate surface area is 211 Å². The molecular weight excluding hydrogens is 480 g/mol. The molecule has 0 spiro atoms. The number of amides is 1. The van der Waals surface area contributed by atoms with Crippen LogP contribution in [0.5, 0.6) is 0 Å². The smallest absolute Gasteiger partial charge is 0.300 e. The average molecular weight is 505 g/mol. The van der Waals surface area contributed by atoms with Gasteiger partial charge in [0, 0.05) is 60.1 Å². The summed E-state index contributed by atoms with van der Waals surface area (Å²) in [6.07, 6.45) is 0. The second-order valence-corrected chi connectivity index (χ2v) is 9.78. The molecule has 1 amide bonds. The fourth-order valence-corrected chi connectivity index (χ4v) is 5.45. The van der Waals surface area contributed by atoms with Crippen LogP contribution in [0, 0.1) is 10.1 Å². The number of Topliss-reactive ketones (excluding diaryl/α,β-unsaturated/α-hetero) is 1. The van der Waals surface area contributed by atoms with E-state index in [1.54, 1.807) is 6.07 Å². The number of hydrogen-bond donors (Lipinski definition) is 1. The van der Waals surface area contributed by atoms with Gasteiger partial charge in [-0.15, -0.1) is 11.3 Å². The third kappa shape index (κ3) is 4.25. The van der Waals surface area contributed by atoms with Gasteiger partial charge in [0.15, 0.2) is 0 Å². The Hall–Kier alpha value is -4.02. The Morgan fingerprint density at radius 2 is 1.69 bits per heavy atom. The number of likely N-dealkylation sites (N-methyl/N-ethyl adjacent to an activating group) is 1. The summed E-state index contributed by atoms with van der Waals surface area (Å²) in [4.78, 5) is 43.8. The number of nitrogens with zero attached hydrogens (tertiary/aromatic N) is 4. The van der Waals surface area contributed by atoms with E-state index in [4.69, 9.17) is 0 Å². The second-order valence-electron chi connectivity index (χ2n) is 8.80. The number of anilines is 2. The predicted molar refractivity (Wildman–Crippen MR) is 138 cm³/mol. The third-order valence-corrected chi connectivity index (χ3v) is 7.51. The van der Waals surface area contributed by atoms with E-state index in [0.717, 1.165) is 31.9 Å². The topological polar surface area (TPSA) is 107 Å². The van der Waals surface area contributed by atoms with Crippen LogP contribution in [0.25, 0.3) is 5.76 Å². The molecular formula is C26H24N4O5S. The van der Waals surface area contributed by atoms with Crippen LogP contribution >= 0.6 is 11.3 Å². The summed E-state index contributed by atoms with van der Waals surface area (Å²) >= 11 is 1.36. The van der Waals surface area contributed by atoms with Crippen LogP contribution in [0.15, 0.2) is 71.6 Å². The molecule has 0 saturated carbocycles. The molecule has 2 saturated heterocycles. The minimum absolute atomic E-state index is 0.0916. The summed E-state index contributed by atoms with van der Waals surface area (Å²) in [6.45, 7) is 3.73. The van der Waals surface area contributed by atoms with Gasteiger partial charge in [0.2, 0.25) is 0 Å². The van der Waals surface area contributed by atoms with E-state index in [9.17, 15) is 24.8 Å². The van der Waals surface area contributed by atoms with Crippen molar-refractivity contribution in [3.8, 4) is 0 Å². The lowest BCUT2D eigenvalue weighted by molar-refractivity contribution is -0.384. The van der Waals surface area contributed by atoms with Crippen molar-refractivity contribution < 1.29 is 19.6 Å². The van der Waals surface area contributed by atoms with Crippen LogP contribution in [0.3, 0.4) is 0 Å². The maximum atomic E-state index is 13.3. The van der Waals surface area contributed by atoms with E-state index in [2.05, 4.69) is 16.8 Å². The first kappa shape index (κ1) is 23.7. The maximum absolute atomic E-state index is 13.3. The molecule has 10 heteroatoms. The Balaban J connectivity index is 1.55. The average Bonchev–Trinajstić information content (AvgIpc) is 3.51. The zero-order valence-electron chi connectivity index (χ0n) is 19.5. The van der Waals surface area contributed by atoms with Crippen molar-refractivity contribution in [1.82, 2.24) is 4.90 Å². The number of aliphatic hydroxyl groups is 1. The van der Waals surface area contributed by atoms with Gasteiger partial charge in [0.1, 0.15) is 11.8 Å². The zero-order chi connectivity index (χ0) is 25.4. The Kier molecular flexibility index (Phi) is 6.29. The van der Waals surface area contributed by atoms with E-state index < -0.39 is 28.4 Å². The Bertz CT molecular complexity index is 1340. The van der Waals surface area contributed by atoms with Gasteiger partial charge < -0.3 is 14.9 Å². The van der Waals surface area contributed by atoms with Crippen LogP contribution in [0.2, 0.25) is 0 Å². The minimum Gasteiger partial charge on any atom is -0.507 e. The van der Waals surface area contributed by atoms with Gasteiger partial charge in [0.05, 0.1) is 10.5 Å². The van der Waals surface area contributed by atoms with Crippen molar-refractivity contribution in [3.05, 3.63) is 92.2 Å². The normalized spacial score (nSPS) is 20.2. The number of ketones is 1. The molecule has 2 aromatic carbocycles. The van der Waals surface area contributed by atoms with Crippen molar-refractivity contribution in [2.24, 2.45) is 0 Å². The van der Waals surface area contributed by atoms with Crippen LogP contribution in [-0.2, 0) is 9.59 Å². The number of piperazine rings is 1. The van der Waals surface area contributed by atoms with Crippen LogP contribution in [0.4, 0.5) is 17.1 Å². The van der Waals surface area contributed by atoms with Gasteiger partial charge >= 0.3 is 0 Å². The molecule has 2 aliphatic heterocycles. The van der Waals surface area contributed by atoms with Crippen molar-refractivity contribution in [3.63, 3.8) is 0 Å². The van der Waals surface area contributed by atoms with Crippen molar-refractivity contribution in [1.29, 1.82) is 0 Å². The molecule has 1 aromatic heterocycles. The summed E-state index contributed by atoms with van der Waals surface area (Å²) in [7, 11) is 2.09. The minimum atomic E-state index is -0.848. The Morgan fingerprint density at radius 1 is 1.00 bits per heavy atom. The molecule has 5 rings (SSSR count). The molecule has 1 atom stereocenters. The maximum Gasteiger partial charge on any atom is 0.300 e. The molecule has 2 fully saturated rings. The number of nitro benzene ring substituents is 1. The van der Waals surface area contributed by atoms with Crippen LogP contribution in [-0.4, -0.2) is 59.8 Å². The van der Waals surface area contributed by atoms with Gasteiger partial charge in [-0.25, -0.2) is 0 Å². The third-order valence-electron chi connectivity index (χ3n) is 6.58. The van der Waals surface area contributed by atoms with E-state index in [-0.39, 0.29) is 16.8 Å². The fourth-order valence-electron chi connectivity index (χ4n) is 4.63. The standard InChI is InChI=1S/C26H24N4O5S/c1-27-11-13-28(14-12-27)18-7-9-19(10-8-18)29-23(21-6-3-15-36-21)22(25(32)26(29)33)24(31)17-4-2-5-20(16-17)30(34)35/h2-10,15-16,23,31H,11-14H2,1H3/b24-22-. The number of rotatable bonds is 5. The second kappa shape index (κ2) is 9.56. The highest BCUT2D eigenvalue weighted by Crippen LogP contribution is 2.44. The highest BCUT2D eigenvalue weighted by atomic mass is 32.1. The van der Waals surface area contributed by atoms with Gasteiger partial charge in [0.25, 0.3) is 17.4 Å². The molecule has 9 nitrogen and oxygen atoms in total. The number of thiophene rings is 1. The number of non-ortho nitro benzene ring substituents is 1. The molecule has 0 aliphatic carbocycles. The first-order valence-corrected chi connectivity index (χ1v) is 12.4. The van der Waals surface area contributed by atoms with Crippen molar-refractivity contribution >= 4 is 45.8 Å². The summed E-state index contributed by atoms with van der Waals surface area (Å²) in [5.41, 5.74) is 1.36. The number of hydrogen-bond acceptors (Lipinski definition) is 8. The number of carbonyl (C=O) groups is 2. The lowest BCUT2D eigenvalue weighted by Gasteiger charge is -2.34. The van der Waals surface area contributed by atoms with Crippen LogP contribution < -0.4 is 9.80 Å². The predicted octanol–water partition coefficient (Wildman–Crippen LogP) is 4.03. The van der Waals surface area contributed by atoms with Gasteiger partial charge in [-0.1, -0.05) is 18.2 Å². The summed E-state index contributed by atoms with van der Waals surface area (Å²) in [6, 6.07) is 15.7. The van der Waals surface area contributed by atoms with E-state index in [0.29, 0.717) is 10.6 Å².